The average Bonchev–Trinajstić information content (AvgIpc) is 2.50. The third-order valence-corrected chi connectivity index (χ3v) is 3.28. The summed E-state index contributed by atoms with van der Waals surface area (Å²) in [5, 5.41) is 34.2. The molecule has 0 aliphatic carbocycles. The molecule has 0 atom stereocenters. The van der Waals surface area contributed by atoms with E-state index in [1.165, 1.54) is 0 Å². The van der Waals surface area contributed by atoms with Gasteiger partial charge in [0.1, 0.15) is 11.8 Å². The second kappa shape index (κ2) is 6.11. The van der Waals surface area contributed by atoms with E-state index in [2.05, 4.69) is 5.32 Å². The largest absolute Gasteiger partial charge is 0.349 e. The monoisotopic (exact) mass is 312 g/mol. The first-order valence-corrected chi connectivity index (χ1v) is 6.54. The summed E-state index contributed by atoms with van der Waals surface area (Å²) in [5.74, 6) is 0. The van der Waals surface area contributed by atoms with Gasteiger partial charge in [0, 0.05) is 11.8 Å². The van der Waals surface area contributed by atoms with Crippen LogP contribution in [-0.2, 0) is 0 Å². The molecule has 0 heterocycles. The molecule has 0 fully saturated rings. The lowest BCUT2D eigenvalue weighted by molar-refractivity contribution is -0.393. The Balaban J connectivity index is 2.65. The maximum atomic E-state index is 11.2. The van der Waals surface area contributed by atoms with Gasteiger partial charge in [-0.25, -0.2) is 0 Å². The van der Waals surface area contributed by atoms with Crippen LogP contribution >= 0.6 is 0 Å². The molecule has 8 heteroatoms. The highest BCUT2D eigenvalue weighted by atomic mass is 16.6. The van der Waals surface area contributed by atoms with Crippen molar-refractivity contribution in [1.29, 1.82) is 5.26 Å². The second-order valence-electron chi connectivity index (χ2n) is 4.96. The molecule has 0 saturated carbocycles. The van der Waals surface area contributed by atoms with Crippen LogP contribution in [-0.4, -0.2) is 9.85 Å². The standard InChI is InChI=1S/C15H12N4O4/c1-9-3-4-10(2)13(5-9)17-15-11(8-16)6-12(18(20)21)7-14(15)19(22)23/h3-7,17H,1-2H3. The van der Waals surface area contributed by atoms with E-state index < -0.39 is 21.2 Å². The predicted octanol–water partition coefficient (Wildman–Crippen LogP) is 3.74. The number of benzene rings is 2. The molecule has 8 nitrogen and oxygen atoms in total. The van der Waals surface area contributed by atoms with Gasteiger partial charge in [-0.05, 0) is 31.0 Å². The van der Waals surface area contributed by atoms with Crippen LogP contribution in [0.15, 0.2) is 30.3 Å². The van der Waals surface area contributed by atoms with E-state index >= 15 is 0 Å². The van der Waals surface area contributed by atoms with E-state index in [0.717, 1.165) is 23.3 Å². The number of nitrogens with zero attached hydrogens (tertiary/aromatic N) is 3. The topological polar surface area (TPSA) is 122 Å². The van der Waals surface area contributed by atoms with E-state index in [1.807, 2.05) is 26.0 Å². The summed E-state index contributed by atoms with van der Waals surface area (Å²) in [6.07, 6.45) is 0. The fraction of sp³-hybridized carbons (Fsp3) is 0.133. The van der Waals surface area contributed by atoms with E-state index in [-0.39, 0.29) is 11.3 Å². The smallest absolute Gasteiger partial charge is 0.300 e. The van der Waals surface area contributed by atoms with Crippen LogP contribution in [0.3, 0.4) is 0 Å². The molecular formula is C15H12N4O4. The summed E-state index contributed by atoms with van der Waals surface area (Å²) in [6.45, 7) is 3.67. The van der Waals surface area contributed by atoms with Gasteiger partial charge in [0.05, 0.1) is 21.5 Å². The molecule has 2 aromatic rings. The zero-order chi connectivity index (χ0) is 17.1. The van der Waals surface area contributed by atoms with Crippen LogP contribution in [0.5, 0.6) is 0 Å². The lowest BCUT2D eigenvalue weighted by Crippen LogP contribution is -2.03. The minimum absolute atomic E-state index is 0.0585. The van der Waals surface area contributed by atoms with Gasteiger partial charge in [0.25, 0.3) is 5.69 Å². The fourth-order valence-electron chi connectivity index (χ4n) is 2.09. The van der Waals surface area contributed by atoms with Gasteiger partial charge < -0.3 is 5.32 Å². The maximum Gasteiger partial charge on any atom is 0.300 e. The highest BCUT2D eigenvalue weighted by Crippen LogP contribution is 2.35. The fourth-order valence-corrected chi connectivity index (χ4v) is 2.09. The normalized spacial score (nSPS) is 9.96. The number of nitro groups is 2. The number of rotatable bonds is 4. The van der Waals surface area contributed by atoms with Gasteiger partial charge in [-0.15, -0.1) is 0 Å². The molecule has 0 spiro atoms. The summed E-state index contributed by atoms with van der Waals surface area (Å²) < 4.78 is 0. The molecule has 2 rings (SSSR count). The quantitative estimate of drug-likeness (QED) is 0.677. The number of hydrogen-bond acceptors (Lipinski definition) is 6. The summed E-state index contributed by atoms with van der Waals surface area (Å²) in [5.41, 5.74) is 1.12. The van der Waals surface area contributed by atoms with Gasteiger partial charge in [-0.1, -0.05) is 12.1 Å². The van der Waals surface area contributed by atoms with Crippen LogP contribution in [0.2, 0.25) is 0 Å². The van der Waals surface area contributed by atoms with Gasteiger partial charge in [0.15, 0.2) is 0 Å². The van der Waals surface area contributed by atoms with Crippen molar-refractivity contribution in [2.75, 3.05) is 5.32 Å². The van der Waals surface area contributed by atoms with Crippen LogP contribution < -0.4 is 5.32 Å². The van der Waals surface area contributed by atoms with E-state index in [9.17, 15) is 25.5 Å². The number of non-ortho nitro benzene ring substituents is 1. The molecule has 23 heavy (non-hydrogen) atoms. The molecule has 0 amide bonds. The number of nitrogens with one attached hydrogen (secondary N) is 1. The van der Waals surface area contributed by atoms with Crippen LogP contribution in [0.1, 0.15) is 16.7 Å². The Labute approximate surface area is 131 Å². The Bertz CT molecular complexity index is 855. The van der Waals surface area contributed by atoms with Crippen molar-refractivity contribution in [3.8, 4) is 6.07 Å². The second-order valence-corrected chi connectivity index (χ2v) is 4.96. The minimum atomic E-state index is -0.768. The Kier molecular flexibility index (Phi) is 4.23. The number of anilines is 2. The highest BCUT2D eigenvalue weighted by molar-refractivity contribution is 5.79. The van der Waals surface area contributed by atoms with E-state index in [1.54, 1.807) is 12.1 Å². The van der Waals surface area contributed by atoms with Crippen molar-refractivity contribution in [2.24, 2.45) is 0 Å². The van der Waals surface area contributed by atoms with E-state index in [4.69, 9.17) is 0 Å². The molecule has 0 aliphatic rings. The molecule has 2 aromatic carbocycles. The summed E-state index contributed by atoms with van der Waals surface area (Å²) in [4.78, 5) is 20.6. The van der Waals surface area contributed by atoms with Crippen molar-refractivity contribution >= 4 is 22.7 Å². The Hall–Kier alpha value is -3.47. The zero-order valence-corrected chi connectivity index (χ0v) is 12.4. The van der Waals surface area contributed by atoms with Crippen molar-refractivity contribution < 1.29 is 9.85 Å². The molecule has 0 aromatic heterocycles. The molecule has 116 valence electrons. The average molecular weight is 312 g/mol. The van der Waals surface area contributed by atoms with Gasteiger partial charge in [-0.3, -0.25) is 20.2 Å². The van der Waals surface area contributed by atoms with E-state index in [0.29, 0.717) is 5.69 Å². The predicted molar refractivity (Wildman–Crippen MR) is 83.7 cm³/mol. The molecule has 0 radical (unpaired) electrons. The third-order valence-electron chi connectivity index (χ3n) is 3.28. The minimum Gasteiger partial charge on any atom is -0.349 e. The zero-order valence-electron chi connectivity index (χ0n) is 12.4. The first-order valence-electron chi connectivity index (χ1n) is 6.54. The lowest BCUT2D eigenvalue weighted by atomic mass is 10.1. The molecule has 0 saturated heterocycles. The van der Waals surface area contributed by atoms with Crippen molar-refractivity contribution in [1.82, 2.24) is 0 Å². The summed E-state index contributed by atoms with van der Waals surface area (Å²) in [6, 6.07) is 9.12. The third kappa shape index (κ3) is 3.24. The molecule has 0 bridgehead atoms. The number of nitriles is 1. The maximum absolute atomic E-state index is 11.2. The molecule has 0 aliphatic heterocycles. The van der Waals surface area contributed by atoms with Gasteiger partial charge >= 0.3 is 5.69 Å². The van der Waals surface area contributed by atoms with Crippen molar-refractivity contribution in [2.45, 2.75) is 13.8 Å². The first-order chi connectivity index (χ1) is 10.8. The number of nitro benzene ring substituents is 2. The SMILES string of the molecule is Cc1ccc(C)c(Nc2c(C#N)cc([N+](=O)[O-])cc2[N+](=O)[O-])c1. The Morgan fingerprint density at radius 1 is 1.09 bits per heavy atom. The van der Waals surface area contributed by atoms with Crippen LogP contribution in [0, 0.1) is 45.4 Å². The summed E-state index contributed by atoms with van der Waals surface area (Å²) >= 11 is 0. The Morgan fingerprint density at radius 3 is 2.35 bits per heavy atom. The van der Waals surface area contributed by atoms with Crippen molar-refractivity contribution in [3.05, 3.63) is 67.3 Å². The Morgan fingerprint density at radius 2 is 1.78 bits per heavy atom. The summed E-state index contributed by atoms with van der Waals surface area (Å²) in [7, 11) is 0. The van der Waals surface area contributed by atoms with Crippen LogP contribution in [0.25, 0.3) is 0 Å². The van der Waals surface area contributed by atoms with Gasteiger partial charge in [0.2, 0.25) is 0 Å². The number of aryl methyl sites for hydroxylation is 2. The molecule has 1 N–H and O–H groups in total. The highest BCUT2D eigenvalue weighted by Gasteiger charge is 2.24. The number of hydrogen-bond donors (Lipinski definition) is 1. The van der Waals surface area contributed by atoms with Crippen LogP contribution in [0.4, 0.5) is 22.7 Å². The molecular weight excluding hydrogens is 300 g/mol. The molecule has 0 unspecified atom stereocenters. The first kappa shape index (κ1) is 15.9. The van der Waals surface area contributed by atoms with Gasteiger partial charge in [-0.2, -0.15) is 5.26 Å². The lowest BCUT2D eigenvalue weighted by Gasteiger charge is -2.12. The van der Waals surface area contributed by atoms with Crippen molar-refractivity contribution in [3.63, 3.8) is 0 Å².